The van der Waals surface area contributed by atoms with Gasteiger partial charge in [-0.05, 0) is 81.8 Å². The number of urea groups is 1. The first-order valence-corrected chi connectivity index (χ1v) is 19.5. The lowest BCUT2D eigenvalue weighted by molar-refractivity contribution is -0.154. The molecule has 1 heterocycles. The molecule has 0 saturated heterocycles. The van der Waals surface area contributed by atoms with Crippen LogP contribution in [0, 0.1) is 11.3 Å². The van der Waals surface area contributed by atoms with Gasteiger partial charge in [0.1, 0.15) is 53.5 Å². The number of amides is 7. The molecular formula is C40H53IN6O10. The number of nitrogens with two attached hydrogens (primary N) is 1. The number of carbonyl (C=O) groups is 7. The summed E-state index contributed by atoms with van der Waals surface area (Å²) in [4.78, 5) is 91.3. The summed E-state index contributed by atoms with van der Waals surface area (Å²) in [5.41, 5.74) is 6.27. The molecule has 0 radical (unpaired) electrons. The van der Waals surface area contributed by atoms with E-state index in [0.717, 1.165) is 17.1 Å². The molecule has 2 aromatic rings. The van der Waals surface area contributed by atoms with Crippen molar-refractivity contribution in [3.8, 4) is 5.75 Å². The van der Waals surface area contributed by atoms with Crippen molar-refractivity contribution in [1.82, 2.24) is 20.9 Å². The Morgan fingerprint density at radius 2 is 1.44 bits per heavy atom. The maximum absolute atomic E-state index is 14.0. The van der Waals surface area contributed by atoms with E-state index in [4.69, 9.17) is 18.3 Å². The van der Waals surface area contributed by atoms with Crippen LogP contribution in [-0.4, -0.2) is 83.8 Å². The quantitative estimate of drug-likeness (QED) is 0.0527. The number of primary amides is 1. The molecule has 0 bridgehead atoms. The highest BCUT2D eigenvalue weighted by Gasteiger charge is 2.38. The van der Waals surface area contributed by atoms with Gasteiger partial charge in [0.05, 0.1) is 18.1 Å². The summed E-state index contributed by atoms with van der Waals surface area (Å²) in [6.45, 7) is 11.3. The normalized spacial score (nSPS) is 14.7. The average molecular weight is 905 g/mol. The van der Waals surface area contributed by atoms with Crippen molar-refractivity contribution >= 4 is 70.2 Å². The van der Waals surface area contributed by atoms with Crippen LogP contribution in [0.2, 0.25) is 0 Å². The molecule has 7 amide bonds. The molecule has 1 aliphatic heterocycles. The molecule has 310 valence electrons. The maximum Gasteiger partial charge on any atom is 0.312 e. The minimum Gasteiger partial charge on any atom is -0.491 e. The predicted octanol–water partition coefficient (Wildman–Crippen LogP) is 3.85. The fourth-order valence-corrected chi connectivity index (χ4v) is 5.82. The Morgan fingerprint density at radius 1 is 0.825 bits per heavy atom. The lowest BCUT2D eigenvalue weighted by Gasteiger charge is -2.30. The Kier molecular flexibility index (Phi) is 17.9. The first-order valence-electron chi connectivity index (χ1n) is 18.6. The van der Waals surface area contributed by atoms with Gasteiger partial charge < -0.3 is 39.5 Å². The van der Waals surface area contributed by atoms with Crippen LogP contribution < -0.4 is 31.7 Å². The summed E-state index contributed by atoms with van der Waals surface area (Å²) in [6.07, 6.45) is 3.03. The third kappa shape index (κ3) is 15.1. The molecule has 57 heavy (non-hydrogen) atoms. The molecule has 0 saturated carbocycles. The second kappa shape index (κ2) is 22.0. The highest BCUT2D eigenvalue weighted by Crippen LogP contribution is 2.21. The van der Waals surface area contributed by atoms with E-state index in [1.54, 1.807) is 83.1 Å². The number of esters is 1. The van der Waals surface area contributed by atoms with Crippen LogP contribution in [0.3, 0.4) is 0 Å². The summed E-state index contributed by atoms with van der Waals surface area (Å²) in [6, 6.07) is 9.20. The van der Waals surface area contributed by atoms with E-state index in [1.165, 1.54) is 0 Å². The van der Waals surface area contributed by atoms with Crippen LogP contribution in [0.15, 0.2) is 60.7 Å². The lowest BCUT2D eigenvalue weighted by Crippen LogP contribution is -2.59. The molecule has 17 heteroatoms. The number of nitrogens with zero attached hydrogens (tertiary/aromatic N) is 1. The smallest absolute Gasteiger partial charge is 0.312 e. The summed E-state index contributed by atoms with van der Waals surface area (Å²) in [7, 11) is 0. The molecule has 0 aliphatic carbocycles. The van der Waals surface area contributed by atoms with Crippen molar-refractivity contribution < 1.29 is 46.1 Å². The molecule has 16 nitrogen and oxygen atoms in total. The highest BCUT2D eigenvalue weighted by atomic mass is 127. The van der Waals surface area contributed by atoms with Crippen LogP contribution >= 0.6 is 23.0 Å². The molecule has 1 aliphatic rings. The number of ether oxygens (including phenoxy) is 2. The lowest BCUT2D eigenvalue weighted by atomic mass is 9.97. The molecule has 0 aromatic heterocycles. The van der Waals surface area contributed by atoms with Gasteiger partial charge >= 0.3 is 12.0 Å². The van der Waals surface area contributed by atoms with Crippen LogP contribution in [0.4, 0.5) is 10.5 Å². The van der Waals surface area contributed by atoms with E-state index in [9.17, 15) is 33.6 Å². The van der Waals surface area contributed by atoms with Gasteiger partial charge in [-0.15, -0.1) is 0 Å². The summed E-state index contributed by atoms with van der Waals surface area (Å²) < 4.78 is 16.3. The average Bonchev–Trinajstić information content (AvgIpc) is 3.48. The van der Waals surface area contributed by atoms with Crippen LogP contribution in [0.1, 0.15) is 71.9 Å². The third-order valence-corrected chi connectivity index (χ3v) is 9.24. The van der Waals surface area contributed by atoms with Gasteiger partial charge in [-0.2, -0.15) is 0 Å². The number of imide groups is 1. The molecule has 4 atom stereocenters. The molecule has 6 N–H and O–H groups in total. The number of carbonyl (C=O) groups excluding carboxylic acids is 7. The fraction of sp³-hybridized carbons (Fsp3) is 0.475. The van der Waals surface area contributed by atoms with E-state index in [0.29, 0.717) is 35.6 Å². The van der Waals surface area contributed by atoms with Crippen molar-refractivity contribution in [2.45, 2.75) is 98.1 Å². The van der Waals surface area contributed by atoms with Gasteiger partial charge in [-0.1, -0.05) is 38.1 Å². The van der Waals surface area contributed by atoms with Crippen molar-refractivity contribution in [2.75, 3.05) is 18.5 Å². The fourth-order valence-electron chi connectivity index (χ4n) is 5.56. The third-order valence-electron chi connectivity index (χ3n) is 8.80. The Balaban J connectivity index is 1.77. The number of hydrogen-bond acceptors (Lipinski definition) is 10. The van der Waals surface area contributed by atoms with E-state index < -0.39 is 65.0 Å². The molecule has 1 unspecified atom stereocenters. The van der Waals surface area contributed by atoms with Crippen molar-refractivity contribution in [3.63, 3.8) is 0 Å². The zero-order chi connectivity index (χ0) is 42.3. The van der Waals surface area contributed by atoms with E-state index in [-0.39, 0.29) is 44.5 Å². The van der Waals surface area contributed by atoms with E-state index in [1.807, 2.05) is 29.9 Å². The number of benzene rings is 2. The standard InChI is InChI=1S/C40H53IN6O10/c1-24(2)34(46-36(51)31(47-32(48)17-18-33(47)49)22-26-11-15-29(16-12-26)57-25(3)19-21-56-41)37(52)45-30(8-7-20-43-39(42)54)35(50)44-28-13-9-27(10-14-28)23-55-38(53)40(4,5)6/h9-18,24-25,30-31,34H,7-8,19-23H2,1-6H3,(H,44,50)(H,45,52)(H,46,51)(H3,42,43,54)/t25?,30-,31-,34-/m0/s1. The van der Waals surface area contributed by atoms with Crippen molar-refractivity contribution in [3.05, 3.63) is 71.8 Å². The number of anilines is 1. The van der Waals surface area contributed by atoms with Gasteiger partial charge in [0, 0.05) is 37.2 Å². The minimum absolute atomic E-state index is 0.0473. The zero-order valence-corrected chi connectivity index (χ0v) is 35.3. The Labute approximate surface area is 347 Å². The van der Waals surface area contributed by atoms with Crippen LogP contribution in [-0.2, 0) is 49.6 Å². The number of nitrogens with one attached hydrogen (secondary N) is 4. The number of hydrogen-bond donors (Lipinski definition) is 5. The van der Waals surface area contributed by atoms with Crippen LogP contribution in [0.5, 0.6) is 5.75 Å². The number of rotatable bonds is 21. The topological polar surface area (TPSA) is 225 Å². The Bertz CT molecular complexity index is 1740. The van der Waals surface area contributed by atoms with E-state index in [2.05, 4.69) is 21.3 Å². The second-order valence-corrected chi connectivity index (χ2v) is 15.6. The SMILES string of the molecule is CC(CCOI)Oc1ccc(C[C@@H](C(=O)N[C@H](C(=O)N[C@@H](CCCNC(N)=O)C(=O)Nc2ccc(COC(=O)C(C)(C)C)cc2)C(C)C)N2C(=O)C=CC2=O)cc1. The zero-order valence-electron chi connectivity index (χ0n) is 33.1. The van der Waals surface area contributed by atoms with Gasteiger partial charge in [-0.25, -0.2) is 4.79 Å². The van der Waals surface area contributed by atoms with Gasteiger partial charge in [0.15, 0.2) is 0 Å². The Hall–Kier alpha value is -5.04. The molecule has 0 fully saturated rings. The predicted molar refractivity (Wildman–Crippen MR) is 219 cm³/mol. The molecule has 0 spiro atoms. The maximum atomic E-state index is 14.0. The van der Waals surface area contributed by atoms with Gasteiger partial charge in [0.25, 0.3) is 11.8 Å². The molecular weight excluding hydrogens is 851 g/mol. The molecule has 2 aromatic carbocycles. The first kappa shape index (κ1) is 46.3. The minimum atomic E-state index is -1.31. The number of halogens is 1. The van der Waals surface area contributed by atoms with Crippen molar-refractivity contribution in [1.29, 1.82) is 0 Å². The van der Waals surface area contributed by atoms with Gasteiger partial charge in [0.2, 0.25) is 17.7 Å². The van der Waals surface area contributed by atoms with Crippen molar-refractivity contribution in [2.24, 2.45) is 17.1 Å². The van der Waals surface area contributed by atoms with E-state index >= 15 is 0 Å². The summed E-state index contributed by atoms with van der Waals surface area (Å²) in [5, 5.41) is 10.7. The summed E-state index contributed by atoms with van der Waals surface area (Å²) >= 11 is 1.82. The molecule has 3 rings (SSSR count). The Morgan fingerprint density at radius 3 is 2.00 bits per heavy atom. The monoisotopic (exact) mass is 904 g/mol. The summed E-state index contributed by atoms with van der Waals surface area (Å²) in [5.74, 6) is -3.60. The van der Waals surface area contributed by atoms with Gasteiger partial charge in [-0.3, -0.25) is 33.7 Å². The second-order valence-electron chi connectivity index (χ2n) is 15.0. The largest absolute Gasteiger partial charge is 0.491 e. The first-order chi connectivity index (χ1) is 26.9. The highest BCUT2D eigenvalue weighted by molar-refractivity contribution is 14.1. The van der Waals surface area contributed by atoms with Crippen LogP contribution in [0.25, 0.3) is 0 Å².